The molecule has 0 bridgehead atoms. The molecule has 0 unspecified atom stereocenters. The predicted molar refractivity (Wildman–Crippen MR) is 109 cm³/mol. The second-order valence-corrected chi connectivity index (χ2v) is 6.72. The molecule has 2 N–H and O–H groups in total. The van der Waals surface area contributed by atoms with Crippen molar-refractivity contribution >= 4 is 23.0 Å². The summed E-state index contributed by atoms with van der Waals surface area (Å²) in [6.45, 7) is 5.11. The molecule has 1 aliphatic rings. The van der Waals surface area contributed by atoms with Gasteiger partial charge in [-0.05, 0) is 49.2 Å². The molecule has 4 rings (SSSR count). The third-order valence-corrected chi connectivity index (χ3v) is 4.47. The Labute approximate surface area is 163 Å². The van der Waals surface area contributed by atoms with E-state index in [-0.39, 0.29) is 5.91 Å². The van der Waals surface area contributed by atoms with Crippen molar-refractivity contribution in [1.29, 1.82) is 0 Å². The highest BCUT2D eigenvalue weighted by atomic mass is 16.6. The van der Waals surface area contributed by atoms with Crippen LogP contribution >= 0.6 is 0 Å². The SMILES string of the molecule is Cc1ccc(C)c(Nc2cncc(C(=O)Nc3ccc4c(c3)OCCO4)c2)c1. The second-order valence-electron chi connectivity index (χ2n) is 6.72. The molecule has 6 nitrogen and oxygen atoms in total. The van der Waals surface area contributed by atoms with Crippen LogP contribution in [0.3, 0.4) is 0 Å². The van der Waals surface area contributed by atoms with Gasteiger partial charge in [-0.15, -0.1) is 0 Å². The summed E-state index contributed by atoms with van der Waals surface area (Å²) in [5.74, 6) is 1.08. The van der Waals surface area contributed by atoms with Crippen LogP contribution in [-0.4, -0.2) is 24.1 Å². The van der Waals surface area contributed by atoms with E-state index in [2.05, 4.69) is 33.8 Å². The van der Waals surface area contributed by atoms with Crippen molar-refractivity contribution in [1.82, 2.24) is 4.98 Å². The summed E-state index contributed by atoms with van der Waals surface area (Å²) in [5.41, 5.74) is 5.13. The van der Waals surface area contributed by atoms with Crippen molar-refractivity contribution in [3.8, 4) is 11.5 Å². The monoisotopic (exact) mass is 375 g/mol. The zero-order chi connectivity index (χ0) is 19.5. The van der Waals surface area contributed by atoms with E-state index >= 15 is 0 Å². The van der Waals surface area contributed by atoms with E-state index in [0.717, 1.165) is 22.5 Å². The summed E-state index contributed by atoms with van der Waals surface area (Å²) < 4.78 is 11.1. The second kappa shape index (κ2) is 7.60. The number of benzene rings is 2. The van der Waals surface area contributed by atoms with Crippen LogP contribution in [0, 0.1) is 13.8 Å². The van der Waals surface area contributed by atoms with Crippen LogP contribution < -0.4 is 20.1 Å². The van der Waals surface area contributed by atoms with Crippen molar-refractivity contribution in [2.45, 2.75) is 13.8 Å². The van der Waals surface area contributed by atoms with Gasteiger partial charge in [-0.2, -0.15) is 0 Å². The smallest absolute Gasteiger partial charge is 0.257 e. The Morgan fingerprint density at radius 1 is 0.929 bits per heavy atom. The molecule has 0 saturated carbocycles. The maximum Gasteiger partial charge on any atom is 0.257 e. The van der Waals surface area contributed by atoms with Crippen LogP contribution in [-0.2, 0) is 0 Å². The van der Waals surface area contributed by atoms with Crippen LogP contribution in [0.1, 0.15) is 21.5 Å². The number of anilines is 3. The molecule has 2 heterocycles. The van der Waals surface area contributed by atoms with Crippen molar-refractivity contribution in [2.75, 3.05) is 23.8 Å². The van der Waals surface area contributed by atoms with Gasteiger partial charge in [0.25, 0.3) is 5.91 Å². The fourth-order valence-electron chi connectivity index (χ4n) is 2.98. The third-order valence-electron chi connectivity index (χ3n) is 4.47. The number of nitrogens with one attached hydrogen (secondary N) is 2. The van der Waals surface area contributed by atoms with Crippen molar-refractivity contribution < 1.29 is 14.3 Å². The minimum absolute atomic E-state index is 0.242. The van der Waals surface area contributed by atoms with E-state index in [9.17, 15) is 4.79 Å². The predicted octanol–water partition coefficient (Wildman–Crippen LogP) is 4.47. The highest BCUT2D eigenvalue weighted by Gasteiger charge is 2.14. The summed E-state index contributed by atoms with van der Waals surface area (Å²) >= 11 is 0. The van der Waals surface area contributed by atoms with Gasteiger partial charge in [0.05, 0.1) is 17.4 Å². The largest absolute Gasteiger partial charge is 0.486 e. The van der Waals surface area contributed by atoms with E-state index in [0.29, 0.717) is 36.0 Å². The Bertz CT molecular complexity index is 1030. The topological polar surface area (TPSA) is 72.5 Å². The third kappa shape index (κ3) is 3.91. The van der Waals surface area contributed by atoms with Crippen LogP contribution in [0.2, 0.25) is 0 Å². The first kappa shape index (κ1) is 17.9. The summed E-state index contributed by atoms with van der Waals surface area (Å²) in [5, 5.41) is 6.21. The number of carbonyl (C=O) groups is 1. The number of carbonyl (C=O) groups excluding carboxylic acids is 1. The van der Waals surface area contributed by atoms with Crippen LogP contribution in [0.5, 0.6) is 11.5 Å². The molecular formula is C22H21N3O3. The van der Waals surface area contributed by atoms with E-state index in [4.69, 9.17) is 9.47 Å². The summed E-state index contributed by atoms with van der Waals surface area (Å²) in [6, 6.07) is 13.3. The quantitative estimate of drug-likeness (QED) is 0.704. The number of amides is 1. The molecule has 6 heteroatoms. The normalized spacial score (nSPS) is 12.4. The van der Waals surface area contributed by atoms with Crippen LogP contribution in [0.4, 0.5) is 17.1 Å². The van der Waals surface area contributed by atoms with Gasteiger partial charge < -0.3 is 20.1 Å². The van der Waals surface area contributed by atoms with Crippen molar-refractivity contribution in [2.24, 2.45) is 0 Å². The number of rotatable bonds is 4. The average Bonchev–Trinajstić information content (AvgIpc) is 2.71. The fraction of sp³-hybridized carbons (Fsp3) is 0.182. The molecule has 1 amide bonds. The molecule has 2 aromatic carbocycles. The van der Waals surface area contributed by atoms with Gasteiger partial charge in [-0.25, -0.2) is 0 Å². The molecule has 0 aliphatic carbocycles. The maximum atomic E-state index is 12.7. The molecule has 0 radical (unpaired) electrons. The van der Waals surface area contributed by atoms with Gasteiger partial charge in [0.1, 0.15) is 13.2 Å². The van der Waals surface area contributed by atoms with Gasteiger partial charge in [0, 0.05) is 23.6 Å². The standard InChI is InChI=1S/C22H21N3O3/c1-14-3-4-15(2)19(9-14)24-18-10-16(12-23-13-18)22(26)25-17-5-6-20-21(11-17)28-8-7-27-20/h3-6,9-13,24H,7-8H2,1-2H3,(H,25,26). The minimum atomic E-state index is -0.242. The molecule has 0 fully saturated rings. The number of aryl methyl sites for hydroxylation is 2. The maximum absolute atomic E-state index is 12.7. The van der Waals surface area contributed by atoms with Gasteiger partial charge in [0.15, 0.2) is 11.5 Å². The first-order valence-corrected chi connectivity index (χ1v) is 9.09. The fourth-order valence-corrected chi connectivity index (χ4v) is 2.98. The molecule has 0 spiro atoms. The molecule has 3 aromatic rings. The molecule has 28 heavy (non-hydrogen) atoms. The van der Waals surface area contributed by atoms with Crippen molar-refractivity contribution in [3.63, 3.8) is 0 Å². The number of pyridine rings is 1. The lowest BCUT2D eigenvalue weighted by Crippen LogP contribution is -2.16. The van der Waals surface area contributed by atoms with E-state index in [1.165, 1.54) is 0 Å². The van der Waals surface area contributed by atoms with Crippen LogP contribution in [0.25, 0.3) is 0 Å². The molecule has 142 valence electrons. The molecule has 0 saturated heterocycles. The number of nitrogens with zero attached hydrogens (tertiary/aromatic N) is 1. The van der Waals surface area contributed by atoms with Gasteiger partial charge in [-0.3, -0.25) is 9.78 Å². The number of aromatic nitrogens is 1. The number of hydrogen-bond donors (Lipinski definition) is 2. The Morgan fingerprint density at radius 3 is 2.61 bits per heavy atom. The van der Waals surface area contributed by atoms with E-state index < -0.39 is 0 Å². The first-order chi connectivity index (χ1) is 13.6. The van der Waals surface area contributed by atoms with Gasteiger partial charge in [-0.1, -0.05) is 12.1 Å². The number of ether oxygens (including phenoxy) is 2. The lowest BCUT2D eigenvalue weighted by Gasteiger charge is -2.19. The Hall–Kier alpha value is -3.54. The Kier molecular flexibility index (Phi) is 4.85. The summed E-state index contributed by atoms with van der Waals surface area (Å²) in [6.07, 6.45) is 3.24. The van der Waals surface area contributed by atoms with Crippen LogP contribution in [0.15, 0.2) is 54.9 Å². The highest BCUT2D eigenvalue weighted by molar-refractivity contribution is 6.04. The Balaban J connectivity index is 1.51. The first-order valence-electron chi connectivity index (χ1n) is 9.09. The average molecular weight is 375 g/mol. The summed E-state index contributed by atoms with van der Waals surface area (Å²) in [7, 11) is 0. The Morgan fingerprint density at radius 2 is 1.75 bits per heavy atom. The van der Waals surface area contributed by atoms with Gasteiger partial charge >= 0.3 is 0 Å². The lowest BCUT2D eigenvalue weighted by atomic mass is 10.1. The van der Waals surface area contributed by atoms with E-state index in [1.54, 1.807) is 36.7 Å². The zero-order valence-corrected chi connectivity index (χ0v) is 15.8. The molecule has 1 aliphatic heterocycles. The van der Waals surface area contributed by atoms with Gasteiger partial charge in [0.2, 0.25) is 0 Å². The molecule has 0 atom stereocenters. The number of fused-ring (bicyclic) bond motifs is 1. The summed E-state index contributed by atoms with van der Waals surface area (Å²) in [4.78, 5) is 16.9. The molecular weight excluding hydrogens is 354 g/mol. The minimum Gasteiger partial charge on any atom is -0.486 e. The molecule has 1 aromatic heterocycles. The lowest BCUT2D eigenvalue weighted by molar-refractivity contribution is 0.102. The van der Waals surface area contributed by atoms with Crippen molar-refractivity contribution in [3.05, 3.63) is 71.5 Å². The highest BCUT2D eigenvalue weighted by Crippen LogP contribution is 2.32. The zero-order valence-electron chi connectivity index (χ0n) is 15.8. The number of hydrogen-bond acceptors (Lipinski definition) is 5. The van der Waals surface area contributed by atoms with E-state index in [1.807, 2.05) is 13.8 Å².